The van der Waals surface area contributed by atoms with Gasteiger partial charge < -0.3 is 4.90 Å². The van der Waals surface area contributed by atoms with Crippen molar-refractivity contribution in [3.63, 3.8) is 0 Å². The van der Waals surface area contributed by atoms with Gasteiger partial charge in [-0.3, -0.25) is 15.0 Å². The minimum atomic E-state index is -3.65. The first-order chi connectivity index (χ1) is 14.4. The zero-order valence-corrected chi connectivity index (χ0v) is 18.0. The minimum absolute atomic E-state index is 0.252. The molecule has 1 fully saturated rings. The van der Waals surface area contributed by atoms with E-state index in [0.717, 1.165) is 11.3 Å². The molecule has 3 rings (SSSR count). The number of hydrogen-bond donors (Lipinski definition) is 1. The highest BCUT2D eigenvalue weighted by Gasteiger charge is 2.31. The van der Waals surface area contributed by atoms with Crippen LogP contribution in [0.4, 0.5) is 5.69 Å². The van der Waals surface area contributed by atoms with Crippen molar-refractivity contribution in [1.82, 2.24) is 14.4 Å². The first kappa shape index (κ1) is 22.5. The average molecular weight is 453 g/mol. The van der Waals surface area contributed by atoms with Crippen LogP contribution in [-0.2, 0) is 21.2 Å². The number of rotatable bonds is 9. The number of aromatic nitrogens is 1. The fraction of sp³-hybridized carbons (Fsp3) is 0.400. The highest BCUT2D eigenvalue weighted by atomic mass is 35.5. The zero-order chi connectivity index (χ0) is 21.6. The van der Waals surface area contributed by atoms with Crippen molar-refractivity contribution < 1.29 is 18.4 Å². The van der Waals surface area contributed by atoms with E-state index in [4.69, 9.17) is 11.6 Å². The van der Waals surface area contributed by atoms with Crippen LogP contribution < -0.4 is 4.90 Å². The number of aryl methyl sites for hydroxylation is 1. The lowest BCUT2D eigenvalue weighted by Gasteiger charge is -2.36. The van der Waals surface area contributed by atoms with E-state index in [9.17, 15) is 18.4 Å². The van der Waals surface area contributed by atoms with E-state index in [2.05, 4.69) is 9.88 Å². The molecule has 1 aromatic carbocycles. The van der Waals surface area contributed by atoms with Crippen molar-refractivity contribution in [2.24, 2.45) is 0 Å². The molecule has 0 unspecified atom stereocenters. The van der Waals surface area contributed by atoms with Crippen molar-refractivity contribution in [2.45, 2.75) is 18.9 Å². The lowest BCUT2D eigenvalue weighted by molar-refractivity contribution is -0.158. The van der Waals surface area contributed by atoms with Gasteiger partial charge in [0, 0.05) is 49.3 Å². The van der Waals surface area contributed by atoms with Crippen LogP contribution in [0.15, 0.2) is 48.8 Å². The van der Waals surface area contributed by atoms with Gasteiger partial charge in [0.25, 0.3) is 0 Å². The molecule has 1 aromatic heterocycles. The summed E-state index contributed by atoms with van der Waals surface area (Å²) >= 11 is 5.93. The number of pyridine rings is 1. The van der Waals surface area contributed by atoms with Gasteiger partial charge in [0.2, 0.25) is 16.4 Å². The van der Waals surface area contributed by atoms with Crippen LogP contribution in [0.25, 0.3) is 0 Å². The van der Waals surface area contributed by atoms with E-state index >= 15 is 0 Å². The SMILES string of the molecule is O=CN(O)[C@@H](CCc1cccnc1)CS(=O)(=O)N1CCN(c2ccc(Cl)cc2)CC1. The molecule has 0 bridgehead atoms. The van der Waals surface area contributed by atoms with E-state index in [1.165, 1.54) is 4.31 Å². The Kier molecular flexibility index (Phi) is 7.65. The number of piperazine rings is 1. The van der Waals surface area contributed by atoms with Gasteiger partial charge in [0.05, 0.1) is 11.8 Å². The molecule has 1 aliphatic rings. The molecule has 1 aliphatic heterocycles. The summed E-state index contributed by atoms with van der Waals surface area (Å²) in [7, 11) is -3.65. The van der Waals surface area contributed by atoms with E-state index in [1.54, 1.807) is 18.5 Å². The first-order valence-electron chi connectivity index (χ1n) is 9.69. The maximum atomic E-state index is 12.9. The Morgan fingerprint density at radius 1 is 1.17 bits per heavy atom. The Bertz CT molecular complexity index is 920. The van der Waals surface area contributed by atoms with Gasteiger partial charge >= 0.3 is 0 Å². The van der Waals surface area contributed by atoms with Crippen molar-refractivity contribution in [2.75, 3.05) is 36.8 Å². The lowest BCUT2D eigenvalue weighted by atomic mass is 10.1. The van der Waals surface area contributed by atoms with Crippen LogP contribution in [-0.4, -0.2) is 72.4 Å². The predicted octanol–water partition coefficient (Wildman–Crippen LogP) is 2.04. The summed E-state index contributed by atoms with van der Waals surface area (Å²) in [5, 5.41) is 11.0. The van der Waals surface area contributed by atoms with Crippen LogP contribution in [0.5, 0.6) is 0 Å². The smallest absolute Gasteiger partial charge is 0.233 e. The van der Waals surface area contributed by atoms with Gasteiger partial charge in [0.1, 0.15) is 0 Å². The summed E-state index contributed by atoms with van der Waals surface area (Å²) < 4.78 is 27.3. The standard InChI is InChI=1S/C20H25ClN4O4S/c21-18-4-7-19(8-5-18)23-10-12-24(13-11-23)30(28,29)15-20(25(27)16-26)6-3-17-2-1-9-22-14-17/h1-2,4-5,7-9,14,16,20,27H,3,6,10-13,15H2/t20-/m0/s1. The van der Waals surface area contributed by atoms with Crippen molar-refractivity contribution in [3.8, 4) is 0 Å². The molecule has 0 radical (unpaired) electrons. The molecule has 30 heavy (non-hydrogen) atoms. The lowest BCUT2D eigenvalue weighted by Crippen LogP contribution is -2.51. The number of hydroxylamine groups is 2. The second-order valence-corrected chi connectivity index (χ2v) is 9.63. The fourth-order valence-electron chi connectivity index (χ4n) is 3.48. The molecule has 2 aromatic rings. The molecule has 0 aliphatic carbocycles. The fourth-order valence-corrected chi connectivity index (χ4v) is 5.34. The van der Waals surface area contributed by atoms with E-state index in [1.807, 2.05) is 30.3 Å². The van der Waals surface area contributed by atoms with E-state index in [-0.39, 0.29) is 12.2 Å². The molecule has 1 atom stereocenters. The average Bonchev–Trinajstić information content (AvgIpc) is 2.77. The molecule has 2 heterocycles. The maximum absolute atomic E-state index is 12.9. The van der Waals surface area contributed by atoms with Gasteiger partial charge in [-0.2, -0.15) is 4.31 Å². The van der Waals surface area contributed by atoms with Gasteiger partial charge in [0.15, 0.2) is 0 Å². The number of halogens is 1. The molecular formula is C20H25ClN4O4S. The van der Waals surface area contributed by atoms with Crippen LogP contribution in [0.3, 0.4) is 0 Å². The summed E-state index contributed by atoms with van der Waals surface area (Å²) in [6.45, 7) is 1.79. The Labute approximate surface area is 181 Å². The number of nitrogens with zero attached hydrogens (tertiary/aromatic N) is 4. The van der Waals surface area contributed by atoms with Crippen molar-refractivity contribution >= 4 is 33.7 Å². The number of benzene rings is 1. The number of anilines is 1. The summed E-state index contributed by atoms with van der Waals surface area (Å²) in [5.74, 6) is -0.330. The topological polar surface area (TPSA) is 94.0 Å². The van der Waals surface area contributed by atoms with Crippen molar-refractivity contribution in [3.05, 3.63) is 59.4 Å². The number of amides is 1. The highest BCUT2D eigenvalue weighted by molar-refractivity contribution is 7.89. The number of sulfonamides is 1. The monoisotopic (exact) mass is 452 g/mol. The number of carbonyl (C=O) groups is 1. The Morgan fingerprint density at radius 3 is 2.47 bits per heavy atom. The molecule has 1 amide bonds. The summed E-state index contributed by atoms with van der Waals surface area (Å²) in [4.78, 5) is 17.2. The molecule has 10 heteroatoms. The molecular weight excluding hydrogens is 428 g/mol. The third kappa shape index (κ3) is 5.91. The third-order valence-electron chi connectivity index (χ3n) is 5.20. The Morgan fingerprint density at radius 2 is 1.87 bits per heavy atom. The number of hydrogen-bond acceptors (Lipinski definition) is 6. The maximum Gasteiger partial charge on any atom is 0.233 e. The van der Waals surface area contributed by atoms with Gasteiger partial charge in [-0.05, 0) is 48.7 Å². The van der Waals surface area contributed by atoms with Gasteiger partial charge in [-0.25, -0.2) is 13.5 Å². The molecule has 1 N–H and O–H groups in total. The molecule has 162 valence electrons. The van der Waals surface area contributed by atoms with Crippen molar-refractivity contribution in [1.29, 1.82) is 0 Å². The molecule has 0 spiro atoms. The molecule has 0 saturated carbocycles. The molecule has 8 nitrogen and oxygen atoms in total. The van der Waals surface area contributed by atoms with Crippen LogP contribution in [0.2, 0.25) is 5.02 Å². The van der Waals surface area contributed by atoms with Crippen LogP contribution in [0, 0.1) is 0 Å². The van der Waals surface area contributed by atoms with E-state index in [0.29, 0.717) is 49.1 Å². The Hall–Kier alpha value is -2.20. The van der Waals surface area contributed by atoms with Crippen LogP contribution in [0.1, 0.15) is 12.0 Å². The predicted molar refractivity (Wildman–Crippen MR) is 115 cm³/mol. The molecule has 1 saturated heterocycles. The Balaban J connectivity index is 1.60. The van der Waals surface area contributed by atoms with Gasteiger partial charge in [-0.15, -0.1) is 0 Å². The summed E-state index contributed by atoms with van der Waals surface area (Å²) in [5.41, 5.74) is 1.91. The number of carbonyl (C=O) groups excluding carboxylic acids is 1. The van der Waals surface area contributed by atoms with Crippen LogP contribution >= 0.6 is 11.6 Å². The van der Waals surface area contributed by atoms with E-state index < -0.39 is 16.1 Å². The zero-order valence-electron chi connectivity index (χ0n) is 16.5. The largest absolute Gasteiger partial charge is 0.369 e. The second-order valence-electron chi connectivity index (χ2n) is 7.18. The third-order valence-corrected chi connectivity index (χ3v) is 7.41. The summed E-state index contributed by atoms with van der Waals surface area (Å²) in [6.07, 6.45) is 4.40. The highest BCUT2D eigenvalue weighted by Crippen LogP contribution is 2.21. The minimum Gasteiger partial charge on any atom is -0.369 e. The summed E-state index contributed by atoms with van der Waals surface area (Å²) in [6, 6.07) is 10.3. The quantitative estimate of drug-likeness (QED) is 0.355. The first-order valence-corrected chi connectivity index (χ1v) is 11.7. The van der Waals surface area contributed by atoms with Gasteiger partial charge in [-0.1, -0.05) is 17.7 Å². The second kappa shape index (κ2) is 10.2. The normalized spacial score (nSPS) is 16.3.